The largest absolute Gasteiger partial charge is 0.369 e. The standard InChI is InChI=1S/C14H23N3O2S/c1-3-5-11-17(12-8-9-12)20(18,19)13-7-6-10-16-14(13)15-4-2/h6-7,10,12H,3-5,8-9,11H2,1-2H3,(H,15,16). The monoisotopic (exact) mass is 297 g/mol. The number of pyridine rings is 1. The van der Waals surface area contributed by atoms with Crippen molar-refractivity contribution in [3.05, 3.63) is 18.3 Å². The van der Waals surface area contributed by atoms with Crippen molar-refractivity contribution in [1.82, 2.24) is 9.29 Å². The van der Waals surface area contributed by atoms with Crippen molar-refractivity contribution in [2.24, 2.45) is 0 Å². The van der Waals surface area contributed by atoms with Gasteiger partial charge in [-0.2, -0.15) is 4.31 Å². The number of unbranched alkanes of at least 4 members (excludes halogenated alkanes) is 1. The van der Waals surface area contributed by atoms with E-state index in [0.717, 1.165) is 25.7 Å². The summed E-state index contributed by atoms with van der Waals surface area (Å²) in [6.07, 6.45) is 5.45. The van der Waals surface area contributed by atoms with E-state index >= 15 is 0 Å². The maximum atomic E-state index is 12.9. The minimum atomic E-state index is -3.45. The molecule has 0 saturated heterocycles. The van der Waals surface area contributed by atoms with E-state index in [-0.39, 0.29) is 6.04 Å². The fraction of sp³-hybridized carbons (Fsp3) is 0.643. The van der Waals surface area contributed by atoms with Crippen LogP contribution in [0.15, 0.2) is 23.2 Å². The average molecular weight is 297 g/mol. The van der Waals surface area contributed by atoms with Crippen LogP contribution in [0.1, 0.15) is 39.5 Å². The predicted molar refractivity (Wildman–Crippen MR) is 80.2 cm³/mol. The first-order valence-corrected chi connectivity index (χ1v) is 8.76. The molecule has 6 heteroatoms. The van der Waals surface area contributed by atoms with Crippen molar-refractivity contribution in [3.8, 4) is 0 Å². The molecular weight excluding hydrogens is 274 g/mol. The molecule has 1 fully saturated rings. The zero-order valence-electron chi connectivity index (χ0n) is 12.2. The number of hydrogen-bond acceptors (Lipinski definition) is 4. The van der Waals surface area contributed by atoms with Gasteiger partial charge in [0.1, 0.15) is 10.7 Å². The lowest BCUT2D eigenvalue weighted by Gasteiger charge is -2.22. The minimum Gasteiger partial charge on any atom is -0.369 e. The summed E-state index contributed by atoms with van der Waals surface area (Å²) in [7, 11) is -3.45. The first-order valence-electron chi connectivity index (χ1n) is 7.32. The lowest BCUT2D eigenvalue weighted by Crippen LogP contribution is -2.34. The van der Waals surface area contributed by atoms with Crippen molar-refractivity contribution < 1.29 is 8.42 Å². The summed E-state index contributed by atoms with van der Waals surface area (Å²) in [6.45, 7) is 5.26. The molecule has 0 radical (unpaired) electrons. The Morgan fingerprint density at radius 2 is 2.15 bits per heavy atom. The number of sulfonamides is 1. The summed E-state index contributed by atoms with van der Waals surface area (Å²) < 4.78 is 27.4. The molecule has 0 atom stereocenters. The van der Waals surface area contributed by atoms with E-state index < -0.39 is 10.0 Å². The van der Waals surface area contributed by atoms with Crippen molar-refractivity contribution in [2.75, 3.05) is 18.4 Å². The summed E-state index contributed by atoms with van der Waals surface area (Å²) in [6, 6.07) is 3.50. The third-order valence-corrected chi connectivity index (χ3v) is 5.37. The Bertz CT molecular complexity index is 541. The van der Waals surface area contributed by atoms with Crippen LogP contribution in [0.5, 0.6) is 0 Å². The van der Waals surface area contributed by atoms with Crippen LogP contribution in [-0.4, -0.2) is 36.8 Å². The average Bonchev–Trinajstić information content (AvgIpc) is 3.24. The van der Waals surface area contributed by atoms with Gasteiger partial charge < -0.3 is 5.32 Å². The lowest BCUT2D eigenvalue weighted by molar-refractivity contribution is 0.396. The second-order valence-corrected chi connectivity index (χ2v) is 6.94. The van der Waals surface area contributed by atoms with Crippen LogP contribution in [0.3, 0.4) is 0 Å². The van der Waals surface area contributed by atoms with Gasteiger partial charge >= 0.3 is 0 Å². The van der Waals surface area contributed by atoms with Gasteiger partial charge in [-0.05, 0) is 38.3 Å². The van der Waals surface area contributed by atoms with Crippen LogP contribution in [0, 0.1) is 0 Å². The molecule has 112 valence electrons. The first kappa shape index (κ1) is 15.3. The van der Waals surface area contributed by atoms with Gasteiger partial charge in [-0.25, -0.2) is 13.4 Å². The third kappa shape index (κ3) is 3.30. The Hall–Kier alpha value is -1.14. The van der Waals surface area contributed by atoms with Crippen molar-refractivity contribution in [1.29, 1.82) is 0 Å². The zero-order chi connectivity index (χ0) is 14.6. The van der Waals surface area contributed by atoms with Crippen molar-refractivity contribution in [3.63, 3.8) is 0 Å². The SMILES string of the molecule is CCCCN(C1CC1)S(=O)(=O)c1cccnc1NCC. The summed E-state index contributed by atoms with van der Waals surface area (Å²) in [5, 5.41) is 3.04. The number of nitrogens with one attached hydrogen (secondary N) is 1. The van der Waals surface area contributed by atoms with Gasteiger partial charge in [0.25, 0.3) is 0 Å². The minimum absolute atomic E-state index is 0.182. The highest BCUT2D eigenvalue weighted by Gasteiger charge is 2.38. The quantitative estimate of drug-likeness (QED) is 0.800. The van der Waals surface area contributed by atoms with E-state index in [2.05, 4.69) is 17.2 Å². The maximum Gasteiger partial charge on any atom is 0.246 e. The normalized spacial score (nSPS) is 15.6. The van der Waals surface area contributed by atoms with E-state index in [4.69, 9.17) is 0 Å². The Labute approximate surface area is 121 Å². The molecular formula is C14H23N3O2S. The number of aromatic nitrogens is 1. The molecule has 20 heavy (non-hydrogen) atoms. The van der Waals surface area contributed by atoms with Gasteiger partial charge in [-0.3, -0.25) is 0 Å². The summed E-state index contributed by atoms with van der Waals surface area (Å²) in [4.78, 5) is 4.46. The highest BCUT2D eigenvalue weighted by Crippen LogP contribution is 2.33. The lowest BCUT2D eigenvalue weighted by atomic mass is 10.3. The van der Waals surface area contributed by atoms with Crippen LogP contribution < -0.4 is 5.32 Å². The van der Waals surface area contributed by atoms with Crippen LogP contribution in [0.4, 0.5) is 5.82 Å². The predicted octanol–water partition coefficient (Wildman–Crippen LogP) is 2.47. The summed E-state index contributed by atoms with van der Waals surface area (Å²) in [5.74, 6) is 0.456. The van der Waals surface area contributed by atoms with Gasteiger partial charge in [-0.15, -0.1) is 0 Å². The Morgan fingerprint density at radius 3 is 2.75 bits per heavy atom. The molecule has 1 aromatic rings. The molecule has 5 nitrogen and oxygen atoms in total. The highest BCUT2D eigenvalue weighted by molar-refractivity contribution is 7.89. The van der Waals surface area contributed by atoms with E-state index in [9.17, 15) is 8.42 Å². The van der Waals surface area contributed by atoms with Crippen LogP contribution in [-0.2, 0) is 10.0 Å². The fourth-order valence-corrected chi connectivity index (χ4v) is 4.05. The molecule has 0 bridgehead atoms. The molecule has 1 aliphatic rings. The molecule has 1 N–H and O–H groups in total. The van der Waals surface area contributed by atoms with Gasteiger partial charge in [0, 0.05) is 25.3 Å². The number of anilines is 1. The van der Waals surface area contributed by atoms with E-state index in [1.54, 1.807) is 22.6 Å². The van der Waals surface area contributed by atoms with Gasteiger partial charge in [0.05, 0.1) is 0 Å². The molecule has 0 amide bonds. The number of nitrogens with zero attached hydrogens (tertiary/aromatic N) is 2. The van der Waals surface area contributed by atoms with Gasteiger partial charge in [0.15, 0.2) is 0 Å². The molecule has 0 unspecified atom stereocenters. The molecule has 0 aromatic carbocycles. The number of hydrogen-bond donors (Lipinski definition) is 1. The maximum absolute atomic E-state index is 12.9. The molecule has 1 aromatic heterocycles. The molecule has 1 aliphatic carbocycles. The molecule has 0 spiro atoms. The van der Waals surface area contributed by atoms with Crippen molar-refractivity contribution in [2.45, 2.75) is 50.5 Å². The molecule has 1 saturated carbocycles. The molecule has 1 heterocycles. The molecule has 2 rings (SSSR count). The van der Waals surface area contributed by atoms with Gasteiger partial charge in [0.2, 0.25) is 10.0 Å². The molecule has 0 aliphatic heterocycles. The first-order chi connectivity index (χ1) is 9.61. The fourth-order valence-electron chi connectivity index (χ4n) is 2.20. The van der Waals surface area contributed by atoms with E-state index in [1.807, 2.05) is 6.92 Å². The number of rotatable bonds is 8. The second kappa shape index (κ2) is 6.54. The Balaban J connectivity index is 2.32. The summed E-state index contributed by atoms with van der Waals surface area (Å²) >= 11 is 0. The highest BCUT2D eigenvalue weighted by atomic mass is 32.2. The van der Waals surface area contributed by atoms with Gasteiger partial charge in [-0.1, -0.05) is 13.3 Å². The van der Waals surface area contributed by atoms with Crippen LogP contribution in [0.2, 0.25) is 0 Å². The van der Waals surface area contributed by atoms with Crippen LogP contribution >= 0.6 is 0 Å². The van der Waals surface area contributed by atoms with Crippen LogP contribution in [0.25, 0.3) is 0 Å². The zero-order valence-corrected chi connectivity index (χ0v) is 13.0. The second-order valence-electron chi connectivity index (χ2n) is 5.08. The van der Waals surface area contributed by atoms with E-state index in [0.29, 0.717) is 23.8 Å². The topological polar surface area (TPSA) is 62.3 Å². The van der Waals surface area contributed by atoms with E-state index in [1.165, 1.54) is 0 Å². The Kier molecular flexibility index (Phi) is 4.99. The summed E-state index contributed by atoms with van der Waals surface area (Å²) in [5.41, 5.74) is 0. The third-order valence-electron chi connectivity index (χ3n) is 3.39. The smallest absolute Gasteiger partial charge is 0.246 e. The van der Waals surface area contributed by atoms with Crippen molar-refractivity contribution >= 4 is 15.8 Å². The Morgan fingerprint density at radius 1 is 1.40 bits per heavy atom.